The fourth-order valence-corrected chi connectivity index (χ4v) is 2.18. The van der Waals surface area contributed by atoms with Gasteiger partial charge in [-0.15, -0.1) is 0 Å². The Morgan fingerprint density at radius 1 is 1.47 bits per heavy atom. The maximum atomic E-state index is 10.5. The van der Waals surface area contributed by atoms with E-state index in [-0.39, 0.29) is 5.82 Å². The summed E-state index contributed by atoms with van der Waals surface area (Å²) in [6.45, 7) is 5.08. The van der Waals surface area contributed by atoms with Crippen molar-refractivity contribution in [1.29, 1.82) is 0 Å². The Kier molecular flexibility index (Phi) is 3.23. The Bertz CT molecular complexity index is 406. The second kappa shape index (κ2) is 4.67. The van der Waals surface area contributed by atoms with E-state index in [1.54, 1.807) is 12.3 Å². The largest absolute Gasteiger partial charge is 0.363 e. The molecule has 0 amide bonds. The third-order valence-electron chi connectivity index (χ3n) is 3.08. The van der Waals surface area contributed by atoms with E-state index in [1.807, 2.05) is 0 Å². The maximum Gasteiger partial charge on any atom is 0.363 e. The molecule has 1 aliphatic rings. The Balaban J connectivity index is 2.14. The van der Waals surface area contributed by atoms with Crippen LogP contribution in [0.25, 0.3) is 0 Å². The minimum Gasteiger partial charge on any atom is -0.363 e. The van der Waals surface area contributed by atoms with Gasteiger partial charge in [0.05, 0.1) is 5.69 Å². The van der Waals surface area contributed by atoms with Gasteiger partial charge in [0.2, 0.25) is 0 Å². The number of hydrogen-bond donors (Lipinski definition) is 0. The number of aromatic nitrogens is 1. The molecule has 2 heterocycles. The predicted octanol–water partition coefficient (Wildman–Crippen LogP) is 1.13. The molecule has 1 saturated heterocycles. The quantitative estimate of drug-likeness (QED) is 0.569. The van der Waals surface area contributed by atoms with Gasteiger partial charge in [-0.1, -0.05) is 0 Å². The van der Waals surface area contributed by atoms with Crippen LogP contribution >= 0.6 is 0 Å². The third kappa shape index (κ3) is 2.52. The van der Waals surface area contributed by atoms with Crippen LogP contribution in [0.4, 0.5) is 11.5 Å². The molecule has 2 rings (SSSR count). The van der Waals surface area contributed by atoms with Crippen LogP contribution in [0.2, 0.25) is 0 Å². The monoisotopic (exact) mass is 236 g/mol. The molecule has 92 valence electrons. The summed E-state index contributed by atoms with van der Waals surface area (Å²) in [6, 6.07) is 3.63. The summed E-state index contributed by atoms with van der Waals surface area (Å²) < 4.78 is 0. The zero-order valence-electron chi connectivity index (χ0n) is 10.0. The molecule has 0 aliphatic carbocycles. The van der Waals surface area contributed by atoms with E-state index in [1.165, 1.54) is 6.07 Å². The zero-order valence-corrected chi connectivity index (χ0v) is 10.0. The summed E-state index contributed by atoms with van der Waals surface area (Å²) in [6.07, 6.45) is 1.58. The molecular formula is C11H16N4O2. The highest BCUT2D eigenvalue weighted by Crippen LogP contribution is 2.20. The first-order valence-corrected chi connectivity index (χ1v) is 5.63. The van der Waals surface area contributed by atoms with Crippen LogP contribution in [0.1, 0.15) is 6.92 Å². The number of pyridine rings is 1. The minimum atomic E-state index is -0.475. The summed E-state index contributed by atoms with van der Waals surface area (Å²) in [5.74, 6) is -0.101. The normalized spacial score (nSPS) is 21.5. The van der Waals surface area contributed by atoms with Crippen molar-refractivity contribution in [2.75, 3.05) is 31.6 Å². The van der Waals surface area contributed by atoms with Crippen molar-refractivity contribution in [3.05, 3.63) is 28.4 Å². The van der Waals surface area contributed by atoms with Crippen LogP contribution in [0.15, 0.2) is 18.3 Å². The highest BCUT2D eigenvalue weighted by atomic mass is 16.6. The molecule has 1 fully saturated rings. The molecule has 0 aromatic carbocycles. The van der Waals surface area contributed by atoms with E-state index >= 15 is 0 Å². The van der Waals surface area contributed by atoms with Crippen molar-refractivity contribution < 1.29 is 4.92 Å². The van der Waals surface area contributed by atoms with Gasteiger partial charge in [0.25, 0.3) is 0 Å². The number of piperazine rings is 1. The number of hydrogen-bond acceptors (Lipinski definition) is 5. The van der Waals surface area contributed by atoms with Gasteiger partial charge in [0.1, 0.15) is 0 Å². The van der Waals surface area contributed by atoms with Gasteiger partial charge >= 0.3 is 5.82 Å². The first kappa shape index (κ1) is 11.8. The number of nitrogens with zero attached hydrogens (tertiary/aromatic N) is 4. The lowest BCUT2D eigenvalue weighted by Gasteiger charge is -2.39. The Hall–Kier alpha value is -1.69. The molecule has 17 heavy (non-hydrogen) atoms. The third-order valence-corrected chi connectivity index (χ3v) is 3.08. The first-order valence-electron chi connectivity index (χ1n) is 5.63. The van der Waals surface area contributed by atoms with Gasteiger partial charge in [0, 0.05) is 31.7 Å². The van der Waals surface area contributed by atoms with Gasteiger partial charge < -0.3 is 19.9 Å². The topological polar surface area (TPSA) is 62.5 Å². The maximum absolute atomic E-state index is 10.5. The van der Waals surface area contributed by atoms with Crippen LogP contribution in [0.5, 0.6) is 0 Å². The van der Waals surface area contributed by atoms with Gasteiger partial charge in [-0.05, 0) is 29.9 Å². The highest BCUT2D eigenvalue weighted by molar-refractivity contribution is 5.48. The molecule has 0 N–H and O–H groups in total. The number of rotatable bonds is 2. The van der Waals surface area contributed by atoms with Gasteiger partial charge in [-0.3, -0.25) is 0 Å². The fraction of sp³-hybridized carbons (Fsp3) is 0.545. The predicted molar refractivity (Wildman–Crippen MR) is 65.2 cm³/mol. The molecule has 1 aromatic heterocycles. The molecule has 1 atom stereocenters. The van der Waals surface area contributed by atoms with Crippen molar-refractivity contribution in [3.63, 3.8) is 0 Å². The van der Waals surface area contributed by atoms with Crippen molar-refractivity contribution in [3.8, 4) is 0 Å². The van der Waals surface area contributed by atoms with Gasteiger partial charge in [0.15, 0.2) is 6.20 Å². The van der Waals surface area contributed by atoms with E-state index in [2.05, 4.69) is 28.8 Å². The molecule has 0 unspecified atom stereocenters. The van der Waals surface area contributed by atoms with Crippen LogP contribution < -0.4 is 4.90 Å². The number of likely N-dealkylation sites (N-methyl/N-ethyl adjacent to an activating group) is 1. The Morgan fingerprint density at radius 2 is 2.24 bits per heavy atom. The van der Waals surface area contributed by atoms with Gasteiger partial charge in [-0.25, -0.2) is 0 Å². The van der Waals surface area contributed by atoms with Crippen molar-refractivity contribution in [1.82, 2.24) is 9.88 Å². The summed E-state index contributed by atoms with van der Waals surface area (Å²) >= 11 is 0. The highest BCUT2D eigenvalue weighted by Gasteiger charge is 2.22. The molecular weight excluding hydrogens is 220 g/mol. The second-order valence-electron chi connectivity index (χ2n) is 4.44. The zero-order chi connectivity index (χ0) is 12.4. The summed E-state index contributed by atoms with van der Waals surface area (Å²) in [5.41, 5.74) is 0.955. The smallest absolute Gasteiger partial charge is 0.363 e. The van der Waals surface area contributed by atoms with E-state index in [0.29, 0.717) is 6.04 Å². The van der Waals surface area contributed by atoms with Crippen LogP contribution in [-0.2, 0) is 0 Å². The molecule has 6 heteroatoms. The van der Waals surface area contributed by atoms with Gasteiger partial charge in [-0.2, -0.15) is 0 Å². The Morgan fingerprint density at radius 3 is 2.76 bits per heavy atom. The summed E-state index contributed by atoms with van der Waals surface area (Å²) in [7, 11) is 2.10. The SMILES string of the molecule is C[C@H]1CN(C)CCN1c1ccc([N+](=O)[O-])nc1. The van der Waals surface area contributed by atoms with E-state index in [0.717, 1.165) is 25.3 Å². The van der Waals surface area contributed by atoms with E-state index < -0.39 is 4.92 Å². The lowest BCUT2D eigenvalue weighted by atomic mass is 10.2. The van der Waals surface area contributed by atoms with E-state index in [9.17, 15) is 10.1 Å². The fourth-order valence-electron chi connectivity index (χ4n) is 2.18. The summed E-state index contributed by atoms with van der Waals surface area (Å²) in [4.78, 5) is 18.4. The molecule has 0 spiro atoms. The van der Waals surface area contributed by atoms with E-state index in [4.69, 9.17) is 0 Å². The van der Waals surface area contributed by atoms with Crippen LogP contribution in [-0.4, -0.2) is 47.5 Å². The molecule has 0 radical (unpaired) electrons. The molecule has 1 aromatic rings. The Labute approximate surface area is 100 Å². The molecule has 0 bridgehead atoms. The number of anilines is 1. The van der Waals surface area contributed by atoms with Crippen molar-refractivity contribution in [2.24, 2.45) is 0 Å². The second-order valence-corrected chi connectivity index (χ2v) is 4.44. The minimum absolute atomic E-state index is 0.101. The van der Waals surface area contributed by atoms with Crippen LogP contribution in [0, 0.1) is 10.1 Å². The average molecular weight is 236 g/mol. The number of nitro groups is 1. The van der Waals surface area contributed by atoms with Crippen molar-refractivity contribution in [2.45, 2.75) is 13.0 Å². The average Bonchev–Trinajstić information content (AvgIpc) is 2.29. The summed E-state index contributed by atoms with van der Waals surface area (Å²) in [5, 5.41) is 10.5. The molecule has 1 aliphatic heterocycles. The first-order chi connectivity index (χ1) is 8.08. The van der Waals surface area contributed by atoms with Crippen LogP contribution in [0.3, 0.4) is 0 Å². The molecule has 6 nitrogen and oxygen atoms in total. The molecule has 0 saturated carbocycles. The standard InChI is InChI=1S/C11H16N4O2/c1-9-8-13(2)5-6-14(9)10-3-4-11(12-7-10)15(16)17/h3-4,7,9H,5-6,8H2,1-2H3/t9-/m0/s1. The lowest BCUT2D eigenvalue weighted by Crippen LogP contribution is -2.50. The lowest BCUT2D eigenvalue weighted by molar-refractivity contribution is -0.389. The van der Waals surface area contributed by atoms with Crippen molar-refractivity contribution >= 4 is 11.5 Å².